The summed E-state index contributed by atoms with van der Waals surface area (Å²) in [5.74, 6) is 0.891. The first-order valence-electron chi connectivity index (χ1n) is 6.36. The molecule has 0 fully saturated rings. The first-order chi connectivity index (χ1) is 8.99. The summed E-state index contributed by atoms with van der Waals surface area (Å²) >= 11 is 6.04. The average Bonchev–Trinajstić information content (AvgIpc) is 2.69. The normalized spacial score (nSPS) is 12.9. The lowest BCUT2D eigenvalue weighted by molar-refractivity contribution is 0.251. The second-order valence-corrected chi connectivity index (χ2v) is 5.39. The van der Waals surface area contributed by atoms with Crippen LogP contribution in [0.2, 0.25) is 5.02 Å². The summed E-state index contributed by atoms with van der Waals surface area (Å²) in [5, 5.41) is 4.77. The molecule has 3 nitrogen and oxygen atoms in total. The third-order valence-electron chi connectivity index (χ3n) is 3.58. The Balaban J connectivity index is 2.14. The fourth-order valence-corrected chi connectivity index (χ4v) is 2.33. The molecule has 1 heterocycles. The maximum atomic E-state index is 6.04. The van der Waals surface area contributed by atoms with E-state index in [1.54, 1.807) is 0 Å². The Morgan fingerprint density at radius 2 is 2.11 bits per heavy atom. The van der Waals surface area contributed by atoms with Gasteiger partial charge in [0.1, 0.15) is 5.76 Å². The van der Waals surface area contributed by atoms with Gasteiger partial charge >= 0.3 is 0 Å². The quantitative estimate of drug-likeness (QED) is 0.842. The van der Waals surface area contributed by atoms with Crippen LogP contribution in [0.15, 0.2) is 28.8 Å². The van der Waals surface area contributed by atoms with Gasteiger partial charge in [0.2, 0.25) is 0 Å². The predicted octanol–water partition coefficient (Wildman–Crippen LogP) is 4.14. The number of hydrogen-bond acceptors (Lipinski definition) is 3. The molecule has 0 N–H and O–H groups in total. The van der Waals surface area contributed by atoms with Crippen molar-refractivity contribution in [2.75, 3.05) is 7.05 Å². The smallest absolute Gasteiger partial charge is 0.138 e. The van der Waals surface area contributed by atoms with E-state index in [-0.39, 0.29) is 6.04 Å². The zero-order valence-electron chi connectivity index (χ0n) is 11.8. The third-order valence-corrected chi connectivity index (χ3v) is 3.82. The van der Waals surface area contributed by atoms with Gasteiger partial charge in [-0.3, -0.25) is 4.90 Å². The molecule has 0 radical (unpaired) electrons. The molecule has 0 aliphatic heterocycles. The fourth-order valence-electron chi connectivity index (χ4n) is 2.13. The Morgan fingerprint density at radius 3 is 2.68 bits per heavy atom. The second kappa shape index (κ2) is 5.76. The van der Waals surface area contributed by atoms with Gasteiger partial charge in [0, 0.05) is 23.2 Å². The van der Waals surface area contributed by atoms with E-state index in [9.17, 15) is 0 Å². The van der Waals surface area contributed by atoms with Gasteiger partial charge in [-0.1, -0.05) is 28.9 Å². The minimum Gasteiger partial charge on any atom is -0.361 e. The molecular formula is C15H19ClN2O. The summed E-state index contributed by atoms with van der Waals surface area (Å²) in [6.07, 6.45) is 0. The van der Waals surface area contributed by atoms with Crippen molar-refractivity contribution in [2.45, 2.75) is 33.4 Å². The molecular weight excluding hydrogens is 260 g/mol. The van der Waals surface area contributed by atoms with Gasteiger partial charge in [0.25, 0.3) is 0 Å². The molecule has 0 spiro atoms. The maximum Gasteiger partial charge on any atom is 0.138 e. The van der Waals surface area contributed by atoms with Crippen molar-refractivity contribution in [1.82, 2.24) is 10.1 Å². The highest BCUT2D eigenvalue weighted by Crippen LogP contribution is 2.24. The van der Waals surface area contributed by atoms with E-state index in [0.717, 1.165) is 28.6 Å². The molecule has 2 aromatic rings. The average molecular weight is 279 g/mol. The van der Waals surface area contributed by atoms with Gasteiger partial charge in [-0.05, 0) is 45.5 Å². The first kappa shape index (κ1) is 14.1. The summed E-state index contributed by atoms with van der Waals surface area (Å²) in [7, 11) is 2.09. The predicted molar refractivity (Wildman–Crippen MR) is 77.3 cm³/mol. The standard InChI is InChI=1S/C15H19ClN2O/c1-10-15(12(3)19-17-10)9-18(4)11(2)13-6-5-7-14(16)8-13/h5-8,11H,9H2,1-4H3/t11-/m1/s1. The Hall–Kier alpha value is -1.32. The zero-order chi connectivity index (χ0) is 14.0. The van der Waals surface area contributed by atoms with E-state index in [2.05, 4.69) is 30.1 Å². The second-order valence-electron chi connectivity index (χ2n) is 4.95. The Labute approximate surface area is 119 Å². The van der Waals surface area contributed by atoms with Crippen LogP contribution in [0.3, 0.4) is 0 Å². The Kier molecular flexibility index (Phi) is 4.27. The van der Waals surface area contributed by atoms with Crippen LogP contribution in [0.4, 0.5) is 0 Å². The number of rotatable bonds is 4. The van der Waals surface area contributed by atoms with Crippen molar-refractivity contribution < 1.29 is 4.52 Å². The summed E-state index contributed by atoms with van der Waals surface area (Å²) in [6, 6.07) is 8.27. The van der Waals surface area contributed by atoms with Crippen molar-refractivity contribution in [3.63, 3.8) is 0 Å². The maximum absolute atomic E-state index is 6.04. The highest BCUT2D eigenvalue weighted by atomic mass is 35.5. The number of hydrogen-bond donors (Lipinski definition) is 0. The van der Waals surface area contributed by atoms with Crippen molar-refractivity contribution in [3.05, 3.63) is 51.9 Å². The van der Waals surface area contributed by atoms with E-state index < -0.39 is 0 Å². The number of nitrogens with zero attached hydrogens (tertiary/aromatic N) is 2. The lowest BCUT2D eigenvalue weighted by atomic mass is 10.1. The number of aryl methyl sites for hydroxylation is 2. The summed E-state index contributed by atoms with van der Waals surface area (Å²) in [5.41, 5.74) is 3.33. The fraction of sp³-hybridized carbons (Fsp3) is 0.400. The van der Waals surface area contributed by atoms with Gasteiger partial charge < -0.3 is 4.52 Å². The van der Waals surface area contributed by atoms with Crippen LogP contribution in [0.1, 0.15) is 35.5 Å². The van der Waals surface area contributed by atoms with Crippen molar-refractivity contribution in [3.8, 4) is 0 Å². The number of halogens is 1. The van der Waals surface area contributed by atoms with Gasteiger partial charge in [0.05, 0.1) is 5.69 Å². The van der Waals surface area contributed by atoms with Gasteiger partial charge in [-0.2, -0.15) is 0 Å². The van der Waals surface area contributed by atoms with E-state index in [0.29, 0.717) is 0 Å². The molecule has 1 atom stereocenters. The molecule has 0 saturated carbocycles. The van der Waals surface area contributed by atoms with E-state index in [4.69, 9.17) is 16.1 Å². The van der Waals surface area contributed by atoms with Crippen molar-refractivity contribution >= 4 is 11.6 Å². The van der Waals surface area contributed by atoms with Crippen LogP contribution >= 0.6 is 11.6 Å². The molecule has 19 heavy (non-hydrogen) atoms. The summed E-state index contributed by atoms with van der Waals surface area (Å²) < 4.78 is 5.20. The summed E-state index contributed by atoms with van der Waals surface area (Å²) in [6.45, 7) is 6.91. The van der Waals surface area contributed by atoms with Crippen LogP contribution in [0.5, 0.6) is 0 Å². The number of benzene rings is 1. The molecule has 0 aliphatic rings. The van der Waals surface area contributed by atoms with E-state index >= 15 is 0 Å². The van der Waals surface area contributed by atoms with E-state index in [1.165, 1.54) is 5.56 Å². The van der Waals surface area contributed by atoms with Gasteiger partial charge in [-0.15, -0.1) is 0 Å². The molecule has 1 aromatic heterocycles. The highest BCUT2D eigenvalue weighted by molar-refractivity contribution is 6.30. The lowest BCUT2D eigenvalue weighted by Crippen LogP contribution is -2.22. The highest BCUT2D eigenvalue weighted by Gasteiger charge is 2.16. The Bertz CT molecular complexity index is 546. The largest absolute Gasteiger partial charge is 0.361 e. The van der Waals surface area contributed by atoms with Crippen LogP contribution in [-0.2, 0) is 6.54 Å². The van der Waals surface area contributed by atoms with Crippen LogP contribution in [0.25, 0.3) is 0 Å². The van der Waals surface area contributed by atoms with Gasteiger partial charge in [-0.25, -0.2) is 0 Å². The molecule has 0 bridgehead atoms. The van der Waals surface area contributed by atoms with Gasteiger partial charge in [0.15, 0.2) is 0 Å². The minimum absolute atomic E-state index is 0.285. The first-order valence-corrected chi connectivity index (χ1v) is 6.74. The lowest BCUT2D eigenvalue weighted by Gasteiger charge is -2.25. The molecule has 0 aliphatic carbocycles. The van der Waals surface area contributed by atoms with Crippen LogP contribution in [0, 0.1) is 13.8 Å². The molecule has 1 aromatic carbocycles. The monoisotopic (exact) mass is 278 g/mol. The van der Waals surface area contributed by atoms with Crippen LogP contribution < -0.4 is 0 Å². The molecule has 0 saturated heterocycles. The van der Waals surface area contributed by atoms with Crippen molar-refractivity contribution in [2.24, 2.45) is 0 Å². The molecule has 102 valence electrons. The minimum atomic E-state index is 0.285. The van der Waals surface area contributed by atoms with Crippen molar-refractivity contribution in [1.29, 1.82) is 0 Å². The Morgan fingerprint density at radius 1 is 1.37 bits per heavy atom. The topological polar surface area (TPSA) is 29.3 Å². The number of aromatic nitrogens is 1. The summed E-state index contributed by atoms with van der Waals surface area (Å²) in [4.78, 5) is 2.26. The molecule has 4 heteroatoms. The van der Waals surface area contributed by atoms with E-state index in [1.807, 2.05) is 32.0 Å². The molecule has 0 unspecified atom stereocenters. The SMILES string of the molecule is Cc1noc(C)c1CN(C)[C@H](C)c1cccc(Cl)c1. The molecule has 0 amide bonds. The third kappa shape index (κ3) is 3.17. The molecule has 2 rings (SSSR count). The zero-order valence-corrected chi connectivity index (χ0v) is 12.5. The van der Waals surface area contributed by atoms with Crippen LogP contribution in [-0.4, -0.2) is 17.1 Å².